The summed E-state index contributed by atoms with van der Waals surface area (Å²) in [5.74, 6) is 0.892. The van der Waals surface area contributed by atoms with Crippen molar-refractivity contribution in [1.29, 1.82) is 0 Å². The summed E-state index contributed by atoms with van der Waals surface area (Å²) in [4.78, 5) is 4.57. The monoisotopic (exact) mass is 422 g/mol. The molecule has 6 heteroatoms. The molecule has 3 nitrogen and oxygen atoms in total. The summed E-state index contributed by atoms with van der Waals surface area (Å²) < 4.78 is 22.1. The molecule has 0 amide bonds. The van der Waals surface area contributed by atoms with Crippen LogP contribution >= 0.6 is 34.2 Å². The molecule has 0 bridgehead atoms. The largest absolute Gasteiger partial charge is 0.381 e. The summed E-state index contributed by atoms with van der Waals surface area (Å²) in [6, 6.07) is 3.56. The highest BCUT2D eigenvalue weighted by Gasteiger charge is 2.50. The molecule has 1 fully saturated rings. The lowest BCUT2D eigenvalue weighted by Crippen LogP contribution is -2.51. The van der Waals surface area contributed by atoms with Crippen molar-refractivity contribution in [2.75, 3.05) is 7.11 Å². The van der Waals surface area contributed by atoms with Gasteiger partial charge in [-0.15, -0.1) is 11.6 Å². The van der Waals surface area contributed by atoms with Crippen molar-refractivity contribution in [3.63, 3.8) is 0 Å². The van der Waals surface area contributed by atoms with Crippen LogP contribution in [0.1, 0.15) is 32.1 Å². The fraction of sp³-hybridized carbons (Fsp3) is 0.533. The van der Waals surface area contributed by atoms with Crippen molar-refractivity contribution in [1.82, 2.24) is 9.55 Å². The van der Waals surface area contributed by atoms with E-state index in [1.54, 1.807) is 19.2 Å². The maximum atomic E-state index is 14.0. The summed E-state index contributed by atoms with van der Waals surface area (Å²) in [5.41, 5.74) is 1.59. The number of alkyl halides is 1. The van der Waals surface area contributed by atoms with Gasteiger partial charge in [0.25, 0.3) is 0 Å². The average molecular weight is 423 g/mol. The zero-order valence-corrected chi connectivity index (χ0v) is 15.1. The minimum absolute atomic E-state index is 0.0251. The Morgan fingerprint density at radius 3 is 2.81 bits per heavy atom. The van der Waals surface area contributed by atoms with E-state index >= 15 is 0 Å². The van der Waals surface area contributed by atoms with E-state index in [1.807, 2.05) is 22.6 Å². The molecule has 0 radical (unpaired) electrons. The van der Waals surface area contributed by atoms with Crippen LogP contribution in [0.2, 0.25) is 0 Å². The van der Waals surface area contributed by atoms with Crippen LogP contribution in [0.5, 0.6) is 0 Å². The second kappa shape index (κ2) is 5.35. The molecule has 1 heterocycles. The lowest BCUT2D eigenvalue weighted by molar-refractivity contribution is -0.112. The van der Waals surface area contributed by atoms with E-state index in [-0.39, 0.29) is 23.4 Å². The second-order valence-electron chi connectivity index (χ2n) is 6.08. The quantitative estimate of drug-likeness (QED) is 0.538. The fourth-order valence-electron chi connectivity index (χ4n) is 3.28. The summed E-state index contributed by atoms with van der Waals surface area (Å²) >= 11 is 8.05. The molecule has 0 N–H and O–H groups in total. The smallest absolute Gasteiger partial charge is 0.138 e. The zero-order chi connectivity index (χ0) is 15.4. The number of hydrogen-bond donors (Lipinski definition) is 0. The molecule has 2 unspecified atom stereocenters. The first-order chi connectivity index (χ1) is 9.90. The van der Waals surface area contributed by atoms with Gasteiger partial charge in [-0.05, 0) is 35.1 Å². The molecule has 0 saturated heterocycles. The van der Waals surface area contributed by atoms with Gasteiger partial charge in [-0.3, -0.25) is 0 Å². The van der Waals surface area contributed by atoms with E-state index in [4.69, 9.17) is 16.3 Å². The highest BCUT2D eigenvalue weighted by atomic mass is 127. The Labute approximate surface area is 142 Å². The van der Waals surface area contributed by atoms with Gasteiger partial charge in [-0.25, -0.2) is 9.37 Å². The van der Waals surface area contributed by atoms with Gasteiger partial charge in [-0.2, -0.15) is 0 Å². The molecular weight excluding hydrogens is 406 g/mol. The number of hydrogen-bond acceptors (Lipinski definition) is 2. The van der Waals surface area contributed by atoms with Crippen LogP contribution in [0.3, 0.4) is 0 Å². The number of nitrogens with zero attached hydrogens (tertiary/aromatic N) is 2. The number of fused-ring (bicyclic) bond motifs is 1. The van der Waals surface area contributed by atoms with Gasteiger partial charge >= 0.3 is 0 Å². The molecule has 0 spiro atoms. The highest BCUT2D eigenvalue weighted by Crippen LogP contribution is 2.52. The van der Waals surface area contributed by atoms with E-state index in [1.165, 1.54) is 0 Å². The predicted octanol–water partition coefficient (Wildman–Crippen LogP) is 4.50. The fourth-order valence-corrected chi connectivity index (χ4v) is 3.92. The van der Waals surface area contributed by atoms with Gasteiger partial charge in [0.1, 0.15) is 11.6 Å². The van der Waals surface area contributed by atoms with Gasteiger partial charge in [-0.1, -0.05) is 13.8 Å². The third-order valence-corrected chi connectivity index (χ3v) is 5.71. The first kappa shape index (κ1) is 15.5. The van der Waals surface area contributed by atoms with Gasteiger partial charge in [0.05, 0.1) is 26.6 Å². The molecular formula is C15H17ClFIN2O. The number of halogens is 3. The van der Waals surface area contributed by atoms with Gasteiger partial charge in [0.15, 0.2) is 0 Å². The predicted molar refractivity (Wildman–Crippen MR) is 90.2 cm³/mol. The molecule has 1 aliphatic carbocycles. The Kier molecular flexibility index (Phi) is 3.95. The number of methoxy groups -OCH3 is 1. The summed E-state index contributed by atoms with van der Waals surface area (Å²) in [7, 11) is 1.74. The molecule has 1 aromatic carbocycles. The molecule has 21 heavy (non-hydrogen) atoms. The maximum Gasteiger partial charge on any atom is 0.138 e. The Morgan fingerprint density at radius 2 is 2.24 bits per heavy atom. The molecule has 1 aromatic heterocycles. The molecule has 2 atom stereocenters. The van der Waals surface area contributed by atoms with Crippen LogP contribution < -0.4 is 0 Å². The molecule has 3 rings (SSSR count). The van der Waals surface area contributed by atoms with Crippen LogP contribution in [0.25, 0.3) is 11.0 Å². The number of benzene rings is 1. The lowest BCUT2D eigenvalue weighted by Gasteiger charge is -2.52. The molecule has 1 aliphatic rings. The van der Waals surface area contributed by atoms with Crippen molar-refractivity contribution < 1.29 is 9.13 Å². The van der Waals surface area contributed by atoms with Crippen molar-refractivity contribution >= 4 is 45.2 Å². The Balaban J connectivity index is 2.16. The van der Waals surface area contributed by atoms with Gasteiger partial charge in [0, 0.05) is 24.6 Å². The van der Waals surface area contributed by atoms with Crippen LogP contribution in [0.4, 0.5) is 4.39 Å². The van der Waals surface area contributed by atoms with E-state index in [9.17, 15) is 4.39 Å². The molecule has 0 aliphatic heterocycles. The highest BCUT2D eigenvalue weighted by molar-refractivity contribution is 14.1. The van der Waals surface area contributed by atoms with E-state index in [0.29, 0.717) is 9.45 Å². The van der Waals surface area contributed by atoms with Crippen molar-refractivity contribution in [2.45, 2.75) is 38.3 Å². The van der Waals surface area contributed by atoms with E-state index in [2.05, 4.69) is 23.4 Å². The SMILES string of the molecule is COC1CC(n2c(CCl)nc3cc(I)c(F)cc32)C1(C)C. The summed E-state index contributed by atoms with van der Waals surface area (Å²) in [5, 5.41) is 0. The Bertz CT molecular complexity index is 701. The van der Waals surface area contributed by atoms with Crippen molar-refractivity contribution in [2.24, 2.45) is 5.41 Å². The van der Waals surface area contributed by atoms with Gasteiger partial charge < -0.3 is 9.30 Å². The number of rotatable bonds is 3. The van der Waals surface area contributed by atoms with Crippen LogP contribution in [0.15, 0.2) is 12.1 Å². The van der Waals surface area contributed by atoms with E-state index < -0.39 is 0 Å². The number of aromatic nitrogens is 2. The minimum Gasteiger partial charge on any atom is -0.381 e. The summed E-state index contributed by atoms with van der Waals surface area (Å²) in [6.07, 6.45) is 1.10. The first-order valence-electron chi connectivity index (χ1n) is 6.84. The Hall–Kier alpha value is -0.400. The topological polar surface area (TPSA) is 27.1 Å². The number of ether oxygens (including phenoxy) is 1. The normalized spacial score (nSPS) is 24.3. The average Bonchev–Trinajstić information content (AvgIpc) is 2.76. The maximum absolute atomic E-state index is 14.0. The number of imidazole rings is 1. The van der Waals surface area contributed by atoms with Crippen LogP contribution in [-0.2, 0) is 10.6 Å². The zero-order valence-electron chi connectivity index (χ0n) is 12.2. The van der Waals surface area contributed by atoms with Crippen LogP contribution in [-0.4, -0.2) is 22.8 Å². The van der Waals surface area contributed by atoms with Crippen LogP contribution in [0, 0.1) is 14.8 Å². The first-order valence-corrected chi connectivity index (χ1v) is 8.46. The minimum atomic E-state index is -0.217. The standard InChI is InChI=1S/C15H17ClFIN2O/c1-15(2)12(6-13(15)21-3)20-11-4-8(17)9(18)5-10(11)19-14(20)7-16/h4-5,12-13H,6-7H2,1-3H3. The molecule has 2 aromatic rings. The Morgan fingerprint density at radius 1 is 1.52 bits per heavy atom. The van der Waals surface area contributed by atoms with E-state index in [0.717, 1.165) is 23.3 Å². The second-order valence-corrected chi connectivity index (χ2v) is 7.51. The van der Waals surface area contributed by atoms with Crippen molar-refractivity contribution in [3.05, 3.63) is 27.3 Å². The summed E-state index contributed by atoms with van der Waals surface area (Å²) in [6.45, 7) is 4.34. The lowest BCUT2D eigenvalue weighted by atomic mass is 9.64. The van der Waals surface area contributed by atoms with Crippen molar-refractivity contribution in [3.8, 4) is 0 Å². The third-order valence-electron chi connectivity index (χ3n) is 4.65. The molecule has 114 valence electrons. The molecule has 1 saturated carbocycles. The third kappa shape index (κ3) is 2.28. The van der Waals surface area contributed by atoms with Gasteiger partial charge in [0.2, 0.25) is 0 Å².